The summed E-state index contributed by atoms with van der Waals surface area (Å²) in [6.07, 6.45) is 5.81. The monoisotopic (exact) mass is 371 g/mol. The van der Waals surface area contributed by atoms with Gasteiger partial charge in [-0.2, -0.15) is 0 Å². The SMILES string of the molecule is CCC[C@H]1CN(CC(=O)O)C[C@@H]1NC(=O)c1ccn(C(C)(C)C)c1.Cl. The number of hydrogen-bond acceptors (Lipinski definition) is 3. The average Bonchev–Trinajstić information content (AvgIpc) is 3.06. The molecule has 2 N–H and O–H groups in total. The predicted octanol–water partition coefficient (Wildman–Crippen LogP) is 2.58. The topological polar surface area (TPSA) is 74.6 Å². The van der Waals surface area contributed by atoms with Gasteiger partial charge in [0.05, 0.1) is 12.1 Å². The molecule has 0 aromatic carbocycles. The first-order valence-electron chi connectivity index (χ1n) is 8.64. The highest BCUT2D eigenvalue weighted by Gasteiger charge is 2.34. The molecule has 2 heterocycles. The van der Waals surface area contributed by atoms with Crippen LogP contribution in [0.3, 0.4) is 0 Å². The number of hydrogen-bond donors (Lipinski definition) is 2. The van der Waals surface area contributed by atoms with Gasteiger partial charge in [0.2, 0.25) is 0 Å². The second-order valence-electron chi connectivity index (χ2n) is 7.69. The van der Waals surface area contributed by atoms with E-state index in [1.54, 1.807) is 0 Å². The summed E-state index contributed by atoms with van der Waals surface area (Å²) in [4.78, 5) is 25.4. The van der Waals surface area contributed by atoms with Crippen LogP contribution in [0.2, 0.25) is 0 Å². The number of carboxylic acid groups (broad SMARTS) is 1. The maximum absolute atomic E-state index is 12.6. The lowest BCUT2D eigenvalue weighted by atomic mass is 9.98. The summed E-state index contributed by atoms with van der Waals surface area (Å²) in [5, 5.41) is 12.1. The number of likely N-dealkylation sites (tertiary alicyclic amines) is 1. The minimum Gasteiger partial charge on any atom is -0.480 e. The van der Waals surface area contributed by atoms with E-state index < -0.39 is 5.97 Å². The smallest absolute Gasteiger partial charge is 0.317 e. The molecule has 1 aromatic rings. The molecule has 1 saturated heterocycles. The highest BCUT2D eigenvalue weighted by Crippen LogP contribution is 2.22. The number of nitrogens with zero attached hydrogens (tertiary/aromatic N) is 2. The average molecular weight is 372 g/mol. The van der Waals surface area contributed by atoms with E-state index in [1.807, 2.05) is 27.9 Å². The molecular formula is C18H30ClN3O3. The lowest BCUT2D eigenvalue weighted by Crippen LogP contribution is -2.40. The highest BCUT2D eigenvalue weighted by molar-refractivity contribution is 5.94. The lowest BCUT2D eigenvalue weighted by Gasteiger charge is -2.21. The number of aliphatic carboxylic acids is 1. The van der Waals surface area contributed by atoms with Crippen molar-refractivity contribution >= 4 is 24.3 Å². The van der Waals surface area contributed by atoms with Crippen molar-refractivity contribution in [3.8, 4) is 0 Å². The second-order valence-corrected chi connectivity index (χ2v) is 7.69. The Morgan fingerprint density at radius 3 is 2.52 bits per heavy atom. The summed E-state index contributed by atoms with van der Waals surface area (Å²) in [7, 11) is 0. The quantitative estimate of drug-likeness (QED) is 0.806. The molecule has 142 valence electrons. The van der Waals surface area contributed by atoms with E-state index in [9.17, 15) is 9.59 Å². The first kappa shape index (κ1) is 21.5. The molecule has 7 heteroatoms. The van der Waals surface area contributed by atoms with Gasteiger partial charge in [-0.05, 0) is 39.2 Å². The number of amides is 1. The third-order valence-electron chi connectivity index (χ3n) is 4.58. The van der Waals surface area contributed by atoms with Crippen LogP contribution in [0.15, 0.2) is 18.5 Å². The summed E-state index contributed by atoms with van der Waals surface area (Å²) in [5.41, 5.74) is 0.589. The van der Waals surface area contributed by atoms with Crippen molar-refractivity contribution in [1.82, 2.24) is 14.8 Å². The normalized spacial score (nSPS) is 21.0. The number of aromatic nitrogens is 1. The standard InChI is InChI=1S/C18H29N3O3.ClH/c1-5-6-13-9-20(12-16(22)23)11-15(13)19-17(24)14-7-8-21(10-14)18(2,3)4;/h7-8,10,13,15H,5-6,9,11-12H2,1-4H3,(H,19,24)(H,22,23);1H/t13-,15-;/m0./s1. The van der Waals surface area contributed by atoms with Gasteiger partial charge in [0, 0.05) is 37.1 Å². The van der Waals surface area contributed by atoms with Crippen LogP contribution in [0.1, 0.15) is 50.9 Å². The van der Waals surface area contributed by atoms with Crippen molar-refractivity contribution in [1.29, 1.82) is 0 Å². The Hall–Kier alpha value is -1.53. The lowest BCUT2D eigenvalue weighted by molar-refractivity contribution is -0.138. The van der Waals surface area contributed by atoms with Gasteiger partial charge < -0.3 is 15.0 Å². The van der Waals surface area contributed by atoms with Gasteiger partial charge in [-0.1, -0.05) is 13.3 Å². The van der Waals surface area contributed by atoms with E-state index in [1.165, 1.54) is 0 Å². The molecule has 1 aliphatic heterocycles. The zero-order valence-electron chi connectivity index (χ0n) is 15.5. The first-order chi connectivity index (χ1) is 11.2. The van der Waals surface area contributed by atoms with Crippen molar-refractivity contribution in [2.45, 2.75) is 52.1 Å². The summed E-state index contributed by atoms with van der Waals surface area (Å²) < 4.78 is 2.02. The van der Waals surface area contributed by atoms with E-state index in [-0.39, 0.29) is 36.4 Å². The molecule has 0 aliphatic carbocycles. The zero-order valence-corrected chi connectivity index (χ0v) is 16.3. The van der Waals surface area contributed by atoms with Gasteiger partial charge in [-0.25, -0.2) is 0 Å². The van der Waals surface area contributed by atoms with Crippen molar-refractivity contribution in [2.75, 3.05) is 19.6 Å². The molecule has 2 atom stereocenters. The van der Waals surface area contributed by atoms with Crippen molar-refractivity contribution in [2.24, 2.45) is 5.92 Å². The third kappa shape index (κ3) is 5.75. The molecule has 6 nitrogen and oxygen atoms in total. The zero-order chi connectivity index (χ0) is 17.9. The Morgan fingerprint density at radius 2 is 2.00 bits per heavy atom. The number of nitrogens with one attached hydrogen (secondary N) is 1. The summed E-state index contributed by atoms with van der Waals surface area (Å²) in [6.45, 7) is 9.75. The van der Waals surface area contributed by atoms with Gasteiger partial charge in [0.15, 0.2) is 0 Å². The minimum atomic E-state index is -0.820. The highest BCUT2D eigenvalue weighted by atomic mass is 35.5. The number of halogens is 1. The molecule has 25 heavy (non-hydrogen) atoms. The molecular weight excluding hydrogens is 342 g/mol. The van der Waals surface area contributed by atoms with Crippen LogP contribution in [0.5, 0.6) is 0 Å². The van der Waals surface area contributed by atoms with Crippen LogP contribution in [-0.4, -0.2) is 52.1 Å². The van der Waals surface area contributed by atoms with Gasteiger partial charge >= 0.3 is 5.97 Å². The van der Waals surface area contributed by atoms with Crippen LogP contribution >= 0.6 is 12.4 Å². The van der Waals surface area contributed by atoms with Crippen molar-refractivity contribution in [3.05, 3.63) is 24.0 Å². The fraction of sp³-hybridized carbons (Fsp3) is 0.667. The molecule has 0 saturated carbocycles. The Kier molecular flexibility index (Phi) is 7.50. The van der Waals surface area contributed by atoms with E-state index in [2.05, 4.69) is 33.0 Å². The molecule has 0 unspecified atom stereocenters. The van der Waals surface area contributed by atoms with Gasteiger partial charge in [-0.15, -0.1) is 12.4 Å². The Labute approximate surface area is 156 Å². The van der Waals surface area contributed by atoms with E-state index >= 15 is 0 Å². The maximum atomic E-state index is 12.6. The predicted molar refractivity (Wildman–Crippen MR) is 100 cm³/mol. The number of carboxylic acids is 1. The minimum absolute atomic E-state index is 0. The van der Waals surface area contributed by atoms with Crippen LogP contribution < -0.4 is 5.32 Å². The Morgan fingerprint density at radius 1 is 1.32 bits per heavy atom. The molecule has 0 bridgehead atoms. The summed E-state index contributed by atoms with van der Waals surface area (Å²) >= 11 is 0. The molecule has 2 rings (SSSR count). The van der Waals surface area contributed by atoms with E-state index in [0.29, 0.717) is 18.0 Å². The first-order valence-corrected chi connectivity index (χ1v) is 8.64. The molecule has 1 amide bonds. The number of rotatable bonds is 6. The summed E-state index contributed by atoms with van der Waals surface area (Å²) in [5.74, 6) is -0.594. The second kappa shape index (κ2) is 8.72. The van der Waals surface area contributed by atoms with Gasteiger partial charge in [0.25, 0.3) is 5.91 Å². The van der Waals surface area contributed by atoms with Crippen molar-refractivity contribution in [3.63, 3.8) is 0 Å². The number of carbonyl (C=O) groups excluding carboxylic acids is 1. The Bertz CT molecular complexity index is 595. The van der Waals surface area contributed by atoms with Gasteiger partial charge in [0.1, 0.15) is 0 Å². The largest absolute Gasteiger partial charge is 0.480 e. The number of carbonyl (C=O) groups is 2. The van der Waals surface area contributed by atoms with Gasteiger partial charge in [-0.3, -0.25) is 14.5 Å². The molecule has 0 spiro atoms. The van der Waals surface area contributed by atoms with Crippen molar-refractivity contribution < 1.29 is 14.7 Å². The van der Waals surface area contributed by atoms with Crippen LogP contribution in [0, 0.1) is 5.92 Å². The fourth-order valence-electron chi connectivity index (χ4n) is 3.31. The fourth-order valence-corrected chi connectivity index (χ4v) is 3.31. The van der Waals surface area contributed by atoms with Crippen LogP contribution in [0.25, 0.3) is 0 Å². The third-order valence-corrected chi connectivity index (χ3v) is 4.58. The molecule has 0 radical (unpaired) electrons. The maximum Gasteiger partial charge on any atom is 0.317 e. The Balaban J connectivity index is 0.00000312. The molecule has 1 aliphatic rings. The molecule has 1 fully saturated rings. The van der Waals surface area contributed by atoms with E-state index in [0.717, 1.165) is 19.4 Å². The summed E-state index contributed by atoms with van der Waals surface area (Å²) in [6, 6.07) is 1.84. The van der Waals surface area contributed by atoms with Crippen LogP contribution in [-0.2, 0) is 10.3 Å². The van der Waals surface area contributed by atoms with Crippen LogP contribution in [0.4, 0.5) is 0 Å². The molecule has 1 aromatic heterocycles. The van der Waals surface area contributed by atoms with E-state index in [4.69, 9.17) is 5.11 Å².